The molecule has 1 aromatic heterocycles. The van der Waals surface area contributed by atoms with Gasteiger partial charge in [-0.3, -0.25) is 14.6 Å². The molecule has 0 saturated carbocycles. The van der Waals surface area contributed by atoms with Crippen molar-refractivity contribution in [3.63, 3.8) is 0 Å². The molecule has 2 aliphatic rings. The van der Waals surface area contributed by atoms with Crippen LogP contribution in [0.1, 0.15) is 39.5 Å². The molecule has 2 saturated heterocycles. The summed E-state index contributed by atoms with van der Waals surface area (Å²) in [6.45, 7) is 6.86. The number of hydrogen-bond donors (Lipinski definition) is 1. The van der Waals surface area contributed by atoms with E-state index in [4.69, 9.17) is 9.47 Å². The minimum atomic E-state index is -0.126. The monoisotopic (exact) mass is 467 g/mol. The highest BCUT2D eigenvalue weighted by atomic mass is 16.5. The van der Waals surface area contributed by atoms with Gasteiger partial charge in [-0.05, 0) is 44.7 Å². The molecule has 9 heteroatoms. The van der Waals surface area contributed by atoms with Crippen molar-refractivity contribution in [1.29, 1.82) is 0 Å². The van der Waals surface area contributed by atoms with Crippen molar-refractivity contribution in [2.24, 2.45) is 5.92 Å². The number of carbonyl (C=O) groups is 2. The number of nitrogens with one attached hydrogen (secondary N) is 1. The molecule has 2 aliphatic heterocycles. The number of nitrogens with zero attached hydrogens (tertiary/aromatic N) is 4. The van der Waals surface area contributed by atoms with E-state index in [1.807, 2.05) is 31.2 Å². The molecule has 2 amide bonds. The van der Waals surface area contributed by atoms with Crippen LogP contribution in [0.2, 0.25) is 0 Å². The molecule has 0 unspecified atom stereocenters. The molecule has 0 radical (unpaired) electrons. The second kappa shape index (κ2) is 11.2. The minimum absolute atomic E-state index is 0.00173. The Labute approximate surface area is 200 Å². The summed E-state index contributed by atoms with van der Waals surface area (Å²) in [5.74, 6) is 2.53. The Bertz CT molecular complexity index is 993. The summed E-state index contributed by atoms with van der Waals surface area (Å²) in [4.78, 5) is 37.1. The largest absolute Gasteiger partial charge is 0.490 e. The number of para-hydroxylation sites is 2. The van der Waals surface area contributed by atoms with Gasteiger partial charge in [0.05, 0.1) is 25.5 Å². The Kier molecular flexibility index (Phi) is 7.82. The number of aromatic nitrogens is 2. The van der Waals surface area contributed by atoms with Crippen molar-refractivity contribution >= 4 is 23.5 Å². The average Bonchev–Trinajstić information content (AvgIpc) is 2.86. The summed E-state index contributed by atoms with van der Waals surface area (Å²) in [7, 11) is 0. The smallest absolute Gasteiger partial charge is 0.228 e. The maximum atomic E-state index is 12.7. The van der Waals surface area contributed by atoms with Gasteiger partial charge in [-0.2, -0.15) is 0 Å². The van der Waals surface area contributed by atoms with Crippen LogP contribution in [0.15, 0.2) is 36.7 Å². The molecular formula is C25H33N5O4. The third kappa shape index (κ3) is 5.95. The molecule has 1 N–H and O–H groups in total. The van der Waals surface area contributed by atoms with Crippen LogP contribution >= 0.6 is 0 Å². The number of carbonyl (C=O) groups excluding carboxylic acids is 2. The van der Waals surface area contributed by atoms with Crippen LogP contribution in [0.5, 0.6) is 11.5 Å². The molecule has 182 valence electrons. The quantitative estimate of drug-likeness (QED) is 0.668. The number of rotatable bonds is 7. The third-order valence-corrected chi connectivity index (χ3v) is 6.33. The second-order valence-electron chi connectivity index (χ2n) is 8.74. The molecule has 1 atom stereocenters. The zero-order chi connectivity index (χ0) is 23.9. The standard InChI is InChI=1S/C25H33N5O4/c1-3-33-21-8-4-5-9-22(21)34-20-7-6-12-30(17-20)24-16-26-15-23(27-24)28-25(32)19-10-13-29(14-11-19)18(2)31/h4-5,8-9,15-16,19-20H,3,6-7,10-14,17H2,1-2H3,(H,27,28,32)/t20-/m1/s1. The van der Waals surface area contributed by atoms with E-state index in [1.165, 1.54) is 0 Å². The van der Waals surface area contributed by atoms with Gasteiger partial charge < -0.3 is 24.6 Å². The number of piperidine rings is 2. The molecule has 0 aliphatic carbocycles. The van der Waals surface area contributed by atoms with Crippen molar-refractivity contribution < 1.29 is 19.1 Å². The van der Waals surface area contributed by atoms with Gasteiger partial charge >= 0.3 is 0 Å². The number of ether oxygens (including phenoxy) is 2. The van der Waals surface area contributed by atoms with Crippen molar-refractivity contribution in [2.75, 3.05) is 43.0 Å². The van der Waals surface area contributed by atoms with Crippen molar-refractivity contribution in [2.45, 2.75) is 45.6 Å². The summed E-state index contributed by atoms with van der Waals surface area (Å²) >= 11 is 0. The summed E-state index contributed by atoms with van der Waals surface area (Å²) < 4.78 is 12.0. The molecule has 0 spiro atoms. The highest BCUT2D eigenvalue weighted by molar-refractivity contribution is 5.91. The highest BCUT2D eigenvalue weighted by Crippen LogP contribution is 2.30. The lowest BCUT2D eigenvalue weighted by Gasteiger charge is -2.34. The zero-order valence-electron chi connectivity index (χ0n) is 19.9. The first-order valence-corrected chi connectivity index (χ1v) is 12.1. The van der Waals surface area contributed by atoms with Crippen LogP contribution in [0.3, 0.4) is 0 Å². The van der Waals surface area contributed by atoms with E-state index in [1.54, 1.807) is 24.2 Å². The molecule has 3 heterocycles. The Morgan fingerprint density at radius 1 is 1.09 bits per heavy atom. The van der Waals surface area contributed by atoms with E-state index >= 15 is 0 Å². The SMILES string of the molecule is CCOc1ccccc1O[C@@H]1CCCN(c2cncc(NC(=O)C3CCN(C(C)=O)CC3)n2)C1. The van der Waals surface area contributed by atoms with E-state index < -0.39 is 0 Å². The van der Waals surface area contributed by atoms with Gasteiger partial charge in [0.15, 0.2) is 17.3 Å². The molecule has 1 aromatic carbocycles. The summed E-state index contributed by atoms with van der Waals surface area (Å²) in [5, 5.41) is 2.92. The number of amides is 2. The lowest BCUT2D eigenvalue weighted by atomic mass is 9.96. The number of hydrogen-bond acceptors (Lipinski definition) is 7. The molecule has 2 aromatic rings. The fourth-order valence-corrected chi connectivity index (χ4v) is 4.50. The molecular weight excluding hydrogens is 434 g/mol. The first-order chi connectivity index (χ1) is 16.5. The molecule has 4 rings (SSSR count). The maximum Gasteiger partial charge on any atom is 0.228 e. The van der Waals surface area contributed by atoms with Gasteiger partial charge in [0.1, 0.15) is 11.9 Å². The third-order valence-electron chi connectivity index (χ3n) is 6.33. The van der Waals surface area contributed by atoms with E-state index in [2.05, 4.69) is 20.2 Å². The van der Waals surface area contributed by atoms with Crippen LogP contribution in [0, 0.1) is 5.92 Å². The summed E-state index contributed by atoms with van der Waals surface area (Å²) in [6.07, 6.45) is 6.52. The Balaban J connectivity index is 1.36. The van der Waals surface area contributed by atoms with Crippen LogP contribution in [0.4, 0.5) is 11.6 Å². The molecule has 9 nitrogen and oxygen atoms in total. The predicted octanol–water partition coefficient (Wildman–Crippen LogP) is 3.12. The fourth-order valence-electron chi connectivity index (χ4n) is 4.50. The van der Waals surface area contributed by atoms with Gasteiger partial charge in [0.2, 0.25) is 11.8 Å². The van der Waals surface area contributed by atoms with Crippen LogP contribution in [0.25, 0.3) is 0 Å². The van der Waals surface area contributed by atoms with Gasteiger partial charge in [-0.25, -0.2) is 4.98 Å². The Morgan fingerprint density at radius 2 is 1.85 bits per heavy atom. The first kappa shape index (κ1) is 23.8. The number of anilines is 2. The van der Waals surface area contributed by atoms with Crippen LogP contribution in [-0.2, 0) is 9.59 Å². The minimum Gasteiger partial charge on any atom is -0.490 e. The number of likely N-dealkylation sites (tertiary alicyclic amines) is 1. The Morgan fingerprint density at radius 3 is 2.59 bits per heavy atom. The maximum absolute atomic E-state index is 12.7. The highest BCUT2D eigenvalue weighted by Gasteiger charge is 2.27. The predicted molar refractivity (Wildman–Crippen MR) is 129 cm³/mol. The molecule has 2 fully saturated rings. The van der Waals surface area contributed by atoms with Crippen molar-refractivity contribution in [3.8, 4) is 11.5 Å². The Hall–Kier alpha value is -3.36. The van der Waals surface area contributed by atoms with Gasteiger partial charge in [0, 0.05) is 32.5 Å². The average molecular weight is 468 g/mol. The van der Waals surface area contributed by atoms with Crippen molar-refractivity contribution in [1.82, 2.24) is 14.9 Å². The van der Waals surface area contributed by atoms with E-state index in [0.717, 1.165) is 36.7 Å². The second-order valence-corrected chi connectivity index (χ2v) is 8.74. The van der Waals surface area contributed by atoms with E-state index in [-0.39, 0.29) is 23.8 Å². The molecule has 34 heavy (non-hydrogen) atoms. The van der Waals surface area contributed by atoms with E-state index in [9.17, 15) is 9.59 Å². The lowest BCUT2D eigenvalue weighted by Crippen LogP contribution is -2.42. The lowest BCUT2D eigenvalue weighted by molar-refractivity contribution is -0.132. The van der Waals surface area contributed by atoms with Gasteiger partial charge in [-0.1, -0.05) is 12.1 Å². The zero-order valence-corrected chi connectivity index (χ0v) is 19.9. The van der Waals surface area contributed by atoms with E-state index in [0.29, 0.717) is 44.9 Å². The molecule has 0 bridgehead atoms. The normalized spacial score (nSPS) is 18.9. The van der Waals surface area contributed by atoms with Gasteiger partial charge in [0.25, 0.3) is 0 Å². The first-order valence-electron chi connectivity index (χ1n) is 12.1. The summed E-state index contributed by atoms with van der Waals surface area (Å²) in [6, 6.07) is 7.73. The summed E-state index contributed by atoms with van der Waals surface area (Å²) in [5.41, 5.74) is 0. The topological polar surface area (TPSA) is 96.9 Å². The number of benzene rings is 1. The van der Waals surface area contributed by atoms with Gasteiger partial charge in [-0.15, -0.1) is 0 Å². The van der Waals surface area contributed by atoms with Crippen LogP contribution < -0.4 is 19.7 Å². The van der Waals surface area contributed by atoms with Crippen molar-refractivity contribution in [3.05, 3.63) is 36.7 Å². The van der Waals surface area contributed by atoms with Crippen LogP contribution in [-0.4, -0.2) is 65.6 Å². The fraction of sp³-hybridized carbons (Fsp3) is 0.520.